The molecule has 98 valence electrons. The molecule has 5 heteroatoms. The van der Waals surface area contributed by atoms with E-state index >= 15 is 0 Å². The van der Waals surface area contributed by atoms with Gasteiger partial charge >= 0.3 is 5.97 Å². The van der Waals surface area contributed by atoms with E-state index in [0.717, 1.165) is 18.6 Å². The topological polar surface area (TPSA) is 52.3 Å². The van der Waals surface area contributed by atoms with Gasteiger partial charge in [0.25, 0.3) is 0 Å². The third-order valence-corrected chi connectivity index (χ3v) is 4.59. The quantitative estimate of drug-likeness (QED) is 0.507. The first-order valence-corrected chi connectivity index (χ1v) is 6.78. The summed E-state index contributed by atoms with van der Waals surface area (Å²) in [4.78, 5) is 11.9. The first-order chi connectivity index (χ1) is 8.54. The van der Waals surface area contributed by atoms with Gasteiger partial charge in [-0.3, -0.25) is 4.79 Å². The predicted molar refractivity (Wildman–Crippen MR) is 69.8 cm³/mol. The molecule has 0 bridgehead atoms. The van der Waals surface area contributed by atoms with Gasteiger partial charge in [-0.1, -0.05) is 0 Å². The van der Waals surface area contributed by atoms with Crippen LogP contribution in [0.1, 0.15) is 19.3 Å². The van der Waals surface area contributed by atoms with Crippen LogP contribution in [0.4, 0.5) is 10.1 Å². The maximum absolute atomic E-state index is 13.6. The lowest BCUT2D eigenvalue weighted by molar-refractivity contribution is -0.141. The summed E-state index contributed by atoms with van der Waals surface area (Å²) < 4.78 is 18.3. The molecule has 1 saturated carbocycles. The fraction of sp³-hybridized carbons (Fsp3) is 0.462. The van der Waals surface area contributed by atoms with Crippen LogP contribution in [0.2, 0.25) is 0 Å². The lowest BCUT2D eigenvalue weighted by Crippen LogP contribution is -2.13. The molecule has 3 nitrogen and oxygen atoms in total. The third kappa shape index (κ3) is 3.16. The van der Waals surface area contributed by atoms with E-state index in [4.69, 9.17) is 5.73 Å². The van der Waals surface area contributed by atoms with Crippen LogP contribution >= 0.6 is 11.8 Å². The highest BCUT2D eigenvalue weighted by Crippen LogP contribution is 2.52. The van der Waals surface area contributed by atoms with Crippen molar-refractivity contribution in [3.05, 3.63) is 24.0 Å². The monoisotopic (exact) mass is 269 g/mol. The molecule has 0 spiro atoms. The average Bonchev–Trinajstić information content (AvgIpc) is 3.08. The summed E-state index contributed by atoms with van der Waals surface area (Å²) in [6, 6.07) is 4.69. The second kappa shape index (κ2) is 5.18. The zero-order chi connectivity index (χ0) is 13.2. The van der Waals surface area contributed by atoms with E-state index in [2.05, 4.69) is 4.74 Å². The minimum Gasteiger partial charge on any atom is -0.469 e. The molecule has 0 aromatic heterocycles. The Kier molecular flexibility index (Phi) is 3.80. The summed E-state index contributed by atoms with van der Waals surface area (Å²) in [5.41, 5.74) is 5.92. The smallest absolute Gasteiger partial charge is 0.306 e. The van der Waals surface area contributed by atoms with Gasteiger partial charge in [-0.05, 0) is 36.5 Å². The Labute approximate surface area is 110 Å². The number of ether oxygens (including phenoxy) is 1. The summed E-state index contributed by atoms with van der Waals surface area (Å²) in [5, 5.41) is 0. The van der Waals surface area contributed by atoms with Gasteiger partial charge in [0.2, 0.25) is 0 Å². The van der Waals surface area contributed by atoms with E-state index in [9.17, 15) is 9.18 Å². The van der Waals surface area contributed by atoms with Crippen molar-refractivity contribution in [2.45, 2.75) is 24.2 Å². The van der Waals surface area contributed by atoms with Crippen molar-refractivity contribution in [2.75, 3.05) is 18.6 Å². The maximum Gasteiger partial charge on any atom is 0.306 e. The van der Waals surface area contributed by atoms with Crippen LogP contribution in [0.3, 0.4) is 0 Å². The molecular formula is C13H16FNO2S. The number of carbonyl (C=O) groups excluding carboxylic acids is 1. The van der Waals surface area contributed by atoms with Gasteiger partial charge in [0.15, 0.2) is 0 Å². The predicted octanol–water partition coefficient (Wildman–Crippen LogP) is 2.84. The Hall–Kier alpha value is -1.23. The number of methoxy groups -OCH3 is 1. The summed E-state index contributed by atoms with van der Waals surface area (Å²) in [6.07, 6.45) is 2.43. The van der Waals surface area contributed by atoms with Crippen molar-refractivity contribution in [2.24, 2.45) is 5.41 Å². The fourth-order valence-corrected chi connectivity index (χ4v) is 3.01. The Balaban J connectivity index is 1.93. The molecule has 1 aromatic carbocycles. The van der Waals surface area contributed by atoms with Crippen LogP contribution in [0, 0.1) is 11.2 Å². The van der Waals surface area contributed by atoms with E-state index < -0.39 is 0 Å². The highest BCUT2D eigenvalue weighted by molar-refractivity contribution is 7.99. The number of benzene rings is 1. The average molecular weight is 269 g/mol. The Morgan fingerprint density at radius 2 is 2.28 bits per heavy atom. The van der Waals surface area contributed by atoms with E-state index in [-0.39, 0.29) is 17.2 Å². The number of halogens is 1. The Bertz CT molecular complexity index is 460. The minimum absolute atomic E-state index is 0.00554. The number of hydrogen-bond acceptors (Lipinski definition) is 4. The molecule has 0 aliphatic heterocycles. The van der Waals surface area contributed by atoms with Crippen LogP contribution < -0.4 is 5.73 Å². The van der Waals surface area contributed by atoms with E-state index in [1.807, 2.05) is 0 Å². The van der Waals surface area contributed by atoms with Gasteiger partial charge in [-0.25, -0.2) is 4.39 Å². The summed E-state index contributed by atoms with van der Waals surface area (Å²) >= 11 is 1.44. The molecule has 0 unspecified atom stereocenters. The zero-order valence-electron chi connectivity index (χ0n) is 10.2. The van der Waals surface area contributed by atoms with Crippen LogP contribution in [0.5, 0.6) is 0 Å². The lowest BCUT2D eigenvalue weighted by Gasteiger charge is -2.13. The minimum atomic E-state index is -0.297. The Morgan fingerprint density at radius 1 is 1.56 bits per heavy atom. The number of nitrogens with two attached hydrogens (primary N) is 1. The highest BCUT2D eigenvalue weighted by Gasteiger charge is 2.44. The number of nitrogen functional groups attached to an aromatic ring is 1. The molecule has 1 fully saturated rings. The molecule has 0 amide bonds. The third-order valence-electron chi connectivity index (χ3n) is 3.19. The molecule has 1 aromatic rings. The normalized spacial score (nSPS) is 16.3. The van der Waals surface area contributed by atoms with E-state index in [1.165, 1.54) is 24.9 Å². The molecular weight excluding hydrogens is 253 g/mol. The standard InChI is InChI=1S/C13H16FNO2S/c1-17-12(16)7-13(4-5-13)8-18-11-3-2-9(15)6-10(11)14/h2-3,6H,4-5,7-8,15H2,1H3. The van der Waals surface area contributed by atoms with Crippen molar-refractivity contribution < 1.29 is 13.9 Å². The van der Waals surface area contributed by atoms with Crippen molar-refractivity contribution in [3.63, 3.8) is 0 Å². The molecule has 1 aliphatic carbocycles. The number of esters is 1. The highest BCUT2D eigenvalue weighted by atomic mass is 32.2. The molecule has 0 saturated heterocycles. The lowest BCUT2D eigenvalue weighted by atomic mass is 10.1. The van der Waals surface area contributed by atoms with Crippen molar-refractivity contribution in [3.8, 4) is 0 Å². The van der Waals surface area contributed by atoms with Gasteiger partial charge in [-0.2, -0.15) is 0 Å². The number of hydrogen-bond donors (Lipinski definition) is 1. The largest absolute Gasteiger partial charge is 0.469 e. The molecule has 0 heterocycles. The van der Waals surface area contributed by atoms with Crippen molar-refractivity contribution in [1.82, 2.24) is 0 Å². The van der Waals surface area contributed by atoms with Crippen molar-refractivity contribution in [1.29, 1.82) is 0 Å². The Morgan fingerprint density at radius 3 is 2.83 bits per heavy atom. The fourth-order valence-electron chi connectivity index (χ4n) is 1.79. The van der Waals surface area contributed by atoms with Gasteiger partial charge in [0.05, 0.1) is 13.5 Å². The van der Waals surface area contributed by atoms with Crippen LogP contribution in [-0.2, 0) is 9.53 Å². The van der Waals surface area contributed by atoms with Crippen LogP contribution in [0.25, 0.3) is 0 Å². The van der Waals surface area contributed by atoms with E-state index in [1.54, 1.807) is 12.1 Å². The van der Waals surface area contributed by atoms with Gasteiger partial charge in [0.1, 0.15) is 5.82 Å². The summed E-state index contributed by atoms with van der Waals surface area (Å²) in [7, 11) is 1.39. The second-order valence-electron chi connectivity index (χ2n) is 4.73. The first kappa shape index (κ1) is 13.2. The number of rotatable bonds is 5. The van der Waals surface area contributed by atoms with Crippen LogP contribution in [0.15, 0.2) is 23.1 Å². The number of carbonyl (C=O) groups is 1. The first-order valence-electron chi connectivity index (χ1n) is 5.79. The summed E-state index contributed by atoms with van der Waals surface area (Å²) in [6.45, 7) is 0. The van der Waals surface area contributed by atoms with Gasteiger partial charge in [-0.15, -0.1) is 11.8 Å². The molecule has 0 radical (unpaired) electrons. The summed E-state index contributed by atoms with van der Waals surface area (Å²) in [5.74, 6) is 0.253. The molecule has 0 atom stereocenters. The molecule has 1 aliphatic rings. The number of anilines is 1. The molecule has 18 heavy (non-hydrogen) atoms. The van der Waals surface area contributed by atoms with Gasteiger partial charge < -0.3 is 10.5 Å². The zero-order valence-corrected chi connectivity index (χ0v) is 11.1. The molecule has 2 rings (SSSR count). The SMILES string of the molecule is COC(=O)CC1(CSc2ccc(N)cc2F)CC1. The van der Waals surface area contributed by atoms with Crippen LogP contribution in [-0.4, -0.2) is 18.8 Å². The van der Waals surface area contributed by atoms with Crippen molar-refractivity contribution >= 4 is 23.4 Å². The van der Waals surface area contributed by atoms with E-state index in [0.29, 0.717) is 17.0 Å². The molecule has 2 N–H and O–H groups in total. The number of thioether (sulfide) groups is 1. The second-order valence-corrected chi connectivity index (χ2v) is 5.75. The maximum atomic E-state index is 13.6. The van der Waals surface area contributed by atoms with Gasteiger partial charge in [0, 0.05) is 16.3 Å².